The predicted octanol–water partition coefficient (Wildman–Crippen LogP) is 3.87. The van der Waals surface area contributed by atoms with Crippen molar-refractivity contribution >= 4 is 23.4 Å². The van der Waals surface area contributed by atoms with E-state index in [1.807, 2.05) is 4.90 Å². The zero-order chi connectivity index (χ0) is 27.4. The van der Waals surface area contributed by atoms with Crippen LogP contribution in [0.4, 0.5) is 29.7 Å². The van der Waals surface area contributed by atoms with Crippen molar-refractivity contribution in [3.63, 3.8) is 0 Å². The Morgan fingerprint density at radius 3 is 2.55 bits per heavy atom. The molecule has 1 atom stereocenters. The number of hydroxylamine groups is 2. The number of anilines is 1. The Morgan fingerprint density at radius 2 is 1.87 bits per heavy atom. The number of rotatable bonds is 7. The lowest BCUT2D eigenvalue weighted by Gasteiger charge is -2.36. The van der Waals surface area contributed by atoms with Gasteiger partial charge in [0.15, 0.2) is 11.6 Å². The Bertz CT molecular complexity index is 1250. The van der Waals surface area contributed by atoms with Crippen molar-refractivity contribution in [2.24, 2.45) is 0 Å². The number of urea groups is 2. The van der Waals surface area contributed by atoms with E-state index in [1.54, 1.807) is 25.1 Å². The number of hydrogen-bond donors (Lipinski definition) is 2. The van der Waals surface area contributed by atoms with E-state index < -0.39 is 34.7 Å². The van der Waals surface area contributed by atoms with Crippen LogP contribution in [-0.4, -0.2) is 76.3 Å². The predicted molar refractivity (Wildman–Crippen MR) is 133 cm³/mol. The fourth-order valence-electron chi connectivity index (χ4n) is 4.62. The molecule has 0 bridgehead atoms. The molecule has 4 amide bonds. The number of nitro benzene ring substituents is 1. The Morgan fingerprint density at radius 1 is 1.16 bits per heavy atom. The number of hydrogen-bond acceptors (Lipinski definition) is 7. The summed E-state index contributed by atoms with van der Waals surface area (Å²) in [5, 5.41) is 24.7. The molecule has 2 aromatic rings. The van der Waals surface area contributed by atoms with Gasteiger partial charge in [0.2, 0.25) is 0 Å². The van der Waals surface area contributed by atoms with Crippen LogP contribution in [0.1, 0.15) is 24.9 Å². The molecule has 0 saturated carbocycles. The maximum absolute atomic E-state index is 13.8. The number of nitrogens with one attached hydrogen (secondary N) is 1. The molecular weight excluding hydrogens is 502 g/mol. The van der Waals surface area contributed by atoms with Gasteiger partial charge in [0.05, 0.1) is 17.5 Å². The molecule has 2 heterocycles. The van der Waals surface area contributed by atoms with Crippen molar-refractivity contribution < 1.29 is 28.5 Å². The lowest BCUT2D eigenvalue weighted by atomic mass is 10.0. The van der Waals surface area contributed by atoms with Crippen LogP contribution in [0.5, 0.6) is 0 Å². The minimum Gasteiger partial charge on any atom is -0.363 e. The number of imide groups is 1. The second-order valence-corrected chi connectivity index (χ2v) is 9.10. The fraction of sp³-hybridized carbons (Fsp3) is 0.360. The highest BCUT2D eigenvalue weighted by atomic mass is 19.2. The van der Waals surface area contributed by atoms with Crippen LogP contribution in [0, 0.1) is 21.7 Å². The van der Waals surface area contributed by atoms with Crippen molar-refractivity contribution in [2.45, 2.75) is 19.4 Å². The highest BCUT2D eigenvalue weighted by molar-refractivity contribution is 5.95. The number of nitro groups is 1. The quantitative estimate of drug-likeness (QED) is 0.317. The number of benzene rings is 2. The molecule has 1 fully saturated rings. The highest BCUT2D eigenvalue weighted by Crippen LogP contribution is 2.30. The van der Waals surface area contributed by atoms with Crippen LogP contribution in [0.15, 0.2) is 54.2 Å². The molecule has 0 aliphatic carbocycles. The number of nitrogens with zero attached hydrogens (tertiary/aromatic N) is 5. The summed E-state index contributed by atoms with van der Waals surface area (Å²) < 4.78 is 27.3. The topological polar surface area (TPSA) is 122 Å². The van der Waals surface area contributed by atoms with Gasteiger partial charge in [0, 0.05) is 44.5 Å². The first kappa shape index (κ1) is 26.9. The molecule has 202 valence electrons. The summed E-state index contributed by atoms with van der Waals surface area (Å²) in [6.07, 6.45) is 1.91. The van der Waals surface area contributed by atoms with Crippen LogP contribution in [0.2, 0.25) is 0 Å². The molecule has 13 heteroatoms. The Kier molecular flexibility index (Phi) is 8.17. The summed E-state index contributed by atoms with van der Waals surface area (Å²) in [7, 11) is 0. The monoisotopic (exact) mass is 530 g/mol. The number of amides is 4. The van der Waals surface area contributed by atoms with E-state index in [1.165, 1.54) is 18.2 Å². The van der Waals surface area contributed by atoms with E-state index in [0.29, 0.717) is 55.6 Å². The molecule has 2 aliphatic heterocycles. The van der Waals surface area contributed by atoms with Gasteiger partial charge >= 0.3 is 12.1 Å². The summed E-state index contributed by atoms with van der Waals surface area (Å²) in [5.74, 6) is -2.17. The van der Waals surface area contributed by atoms with Gasteiger partial charge in [-0.15, -0.1) is 0 Å². The molecule has 4 rings (SSSR count). The zero-order valence-electron chi connectivity index (χ0n) is 20.7. The van der Waals surface area contributed by atoms with Gasteiger partial charge in [-0.2, -0.15) is 0 Å². The number of allylic oxidation sites excluding steroid dienone is 1. The van der Waals surface area contributed by atoms with Crippen LogP contribution in [0.25, 0.3) is 0 Å². The van der Waals surface area contributed by atoms with E-state index in [2.05, 4.69) is 10.2 Å². The SMILES string of the molecule is CC1=CC(c2ccc(F)c(F)c2)N(C(=O)N(O)CCCN2CCN(c3ccccc3[N+](=O)[O-])CC2)C(=O)N1. The maximum Gasteiger partial charge on any atom is 0.352 e. The minimum atomic E-state index is -1.12. The summed E-state index contributed by atoms with van der Waals surface area (Å²) in [6, 6.07) is 6.87. The number of halogens is 2. The normalized spacial score (nSPS) is 18.2. The third kappa shape index (κ3) is 5.89. The lowest BCUT2D eigenvalue weighted by molar-refractivity contribution is -0.384. The molecule has 0 aromatic heterocycles. The third-order valence-corrected chi connectivity index (χ3v) is 6.56. The van der Waals surface area contributed by atoms with Gasteiger partial charge < -0.3 is 10.2 Å². The lowest BCUT2D eigenvalue weighted by Crippen LogP contribution is -2.53. The van der Waals surface area contributed by atoms with Gasteiger partial charge in [0.1, 0.15) is 5.69 Å². The van der Waals surface area contributed by atoms with Crippen LogP contribution < -0.4 is 10.2 Å². The molecule has 2 aliphatic rings. The minimum absolute atomic E-state index is 0.0591. The van der Waals surface area contributed by atoms with Crippen molar-refractivity contribution in [1.29, 1.82) is 0 Å². The molecule has 2 N–H and O–H groups in total. The number of piperazine rings is 1. The molecule has 1 unspecified atom stereocenters. The molecule has 0 spiro atoms. The van der Waals surface area contributed by atoms with E-state index in [9.17, 15) is 33.7 Å². The first-order valence-electron chi connectivity index (χ1n) is 12.1. The van der Waals surface area contributed by atoms with Crippen molar-refractivity contribution in [1.82, 2.24) is 20.2 Å². The Hall–Kier alpha value is -4.10. The molecule has 2 aromatic carbocycles. The highest BCUT2D eigenvalue weighted by Gasteiger charge is 2.36. The van der Waals surface area contributed by atoms with Crippen molar-refractivity contribution in [3.8, 4) is 0 Å². The Balaban J connectivity index is 1.32. The van der Waals surface area contributed by atoms with E-state index in [-0.39, 0.29) is 17.8 Å². The second kappa shape index (κ2) is 11.5. The van der Waals surface area contributed by atoms with Gasteiger partial charge in [-0.25, -0.2) is 28.3 Å². The summed E-state index contributed by atoms with van der Waals surface area (Å²) in [4.78, 5) is 41.4. The fourth-order valence-corrected chi connectivity index (χ4v) is 4.62. The summed E-state index contributed by atoms with van der Waals surface area (Å²) >= 11 is 0. The van der Waals surface area contributed by atoms with Crippen molar-refractivity contribution in [3.05, 3.63) is 81.5 Å². The molecule has 38 heavy (non-hydrogen) atoms. The number of carbonyl (C=O) groups excluding carboxylic acids is 2. The second-order valence-electron chi connectivity index (χ2n) is 9.10. The summed E-state index contributed by atoms with van der Waals surface area (Å²) in [6.45, 7) is 4.53. The van der Waals surface area contributed by atoms with E-state index in [0.717, 1.165) is 17.0 Å². The Labute approximate surface area is 217 Å². The average Bonchev–Trinajstić information content (AvgIpc) is 2.89. The molecule has 1 saturated heterocycles. The molecule has 11 nitrogen and oxygen atoms in total. The largest absolute Gasteiger partial charge is 0.363 e. The molecule has 0 radical (unpaired) electrons. The molecular formula is C25H28F2N6O5. The van der Waals surface area contributed by atoms with E-state index in [4.69, 9.17) is 0 Å². The van der Waals surface area contributed by atoms with Gasteiger partial charge in [-0.05, 0) is 43.2 Å². The van der Waals surface area contributed by atoms with Crippen molar-refractivity contribution in [2.75, 3.05) is 44.2 Å². The van der Waals surface area contributed by atoms with Gasteiger partial charge in [0.25, 0.3) is 5.69 Å². The first-order valence-corrected chi connectivity index (χ1v) is 12.1. The van der Waals surface area contributed by atoms with E-state index >= 15 is 0 Å². The van der Waals surface area contributed by atoms with Gasteiger partial charge in [-0.1, -0.05) is 18.2 Å². The van der Waals surface area contributed by atoms with Crippen LogP contribution >= 0.6 is 0 Å². The van der Waals surface area contributed by atoms with Gasteiger partial charge in [-0.3, -0.25) is 20.2 Å². The first-order chi connectivity index (χ1) is 18.2. The smallest absolute Gasteiger partial charge is 0.352 e. The number of para-hydroxylation sites is 2. The zero-order valence-corrected chi connectivity index (χ0v) is 20.7. The maximum atomic E-state index is 13.8. The third-order valence-electron chi connectivity index (χ3n) is 6.56. The van der Waals surface area contributed by atoms with Crippen LogP contribution in [0.3, 0.4) is 0 Å². The average molecular weight is 531 g/mol. The standard InChI is InChI=1S/C25H28F2N6O5/c1-17-15-23(18-7-8-19(26)20(27)16-18)32(24(34)28-17)25(35)31(36)10-4-9-29-11-13-30(14-12-29)21-5-2-3-6-22(21)33(37)38/h2-3,5-8,15-16,23,36H,4,9-14H2,1H3,(H,28,34). The van der Waals surface area contributed by atoms with Crippen LogP contribution in [-0.2, 0) is 0 Å². The summed E-state index contributed by atoms with van der Waals surface area (Å²) in [5.41, 5.74) is 1.24. The number of carbonyl (C=O) groups is 2.